The fourth-order valence-electron chi connectivity index (χ4n) is 2.20. The van der Waals surface area contributed by atoms with Crippen LogP contribution in [0, 0.1) is 0 Å². The van der Waals surface area contributed by atoms with Crippen LogP contribution in [-0.4, -0.2) is 54.2 Å². The molecule has 1 aliphatic rings. The molecule has 8 heteroatoms. The zero-order valence-corrected chi connectivity index (χ0v) is 12.1. The van der Waals surface area contributed by atoms with Gasteiger partial charge in [-0.3, -0.25) is 9.59 Å². The average Bonchev–Trinajstić information content (AvgIpc) is 2.36. The zero-order valence-electron chi connectivity index (χ0n) is 11.2. The summed E-state index contributed by atoms with van der Waals surface area (Å²) in [5.74, 6) is -2.09. The van der Waals surface area contributed by atoms with Gasteiger partial charge in [0.25, 0.3) is 0 Å². The van der Waals surface area contributed by atoms with Gasteiger partial charge in [0.2, 0.25) is 10.0 Å². The van der Waals surface area contributed by atoms with E-state index in [-0.39, 0.29) is 13.0 Å². The van der Waals surface area contributed by atoms with Gasteiger partial charge in [-0.2, -0.15) is 4.31 Å². The Labute approximate surface area is 112 Å². The summed E-state index contributed by atoms with van der Waals surface area (Å²) in [6.07, 6.45) is 1.45. The monoisotopic (exact) mass is 293 g/mol. The molecule has 1 N–H and O–H groups in total. The van der Waals surface area contributed by atoms with E-state index >= 15 is 0 Å². The van der Waals surface area contributed by atoms with E-state index in [0.29, 0.717) is 12.8 Å². The Hall–Kier alpha value is -1.15. The number of carbonyl (C=O) groups excluding carboxylic acids is 1. The van der Waals surface area contributed by atoms with Crippen molar-refractivity contribution in [2.45, 2.75) is 43.9 Å². The van der Waals surface area contributed by atoms with Gasteiger partial charge in [-0.1, -0.05) is 0 Å². The fourth-order valence-corrected chi connectivity index (χ4v) is 4.03. The molecular weight excluding hydrogens is 274 g/mol. The Morgan fingerprint density at radius 2 is 1.95 bits per heavy atom. The van der Waals surface area contributed by atoms with Crippen molar-refractivity contribution in [2.75, 3.05) is 13.7 Å². The summed E-state index contributed by atoms with van der Waals surface area (Å²) in [7, 11) is -2.95. The molecule has 0 radical (unpaired) electrons. The van der Waals surface area contributed by atoms with Gasteiger partial charge in [0, 0.05) is 6.54 Å². The lowest BCUT2D eigenvalue weighted by Gasteiger charge is -2.41. The van der Waals surface area contributed by atoms with Crippen LogP contribution in [-0.2, 0) is 24.3 Å². The quantitative estimate of drug-likeness (QED) is 0.743. The zero-order chi connectivity index (χ0) is 14.8. The average molecular weight is 293 g/mol. The Morgan fingerprint density at radius 1 is 1.37 bits per heavy atom. The predicted molar refractivity (Wildman–Crippen MR) is 67.0 cm³/mol. The molecule has 0 amide bonds. The van der Waals surface area contributed by atoms with Gasteiger partial charge < -0.3 is 9.84 Å². The van der Waals surface area contributed by atoms with E-state index in [4.69, 9.17) is 0 Å². The molecule has 0 aromatic carbocycles. The molecule has 2 atom stereocenters. The maximum Gasteiger partial charge on any atom is 0.325 e. The number of carboxylic acid groups (broad SMARTS) is 1. The van der Waals surface area contributed by atoms with Crippen LogP contribution >= 0.6 is 0 Å². The summed E-state index contributed by atoms with van der Waals surface area (Å²) in [6.45, 7) is 2.68. The highest BCUT2D eigenvalue weighted by Gasteiger charge is 2.50. The Morgan fingerprint density at radius 3 is 2.42 bits per heavy atom. The Kier molecular flexibility index (Phi) is 4.57. The van der Waals surface area contributed by atoms with Crippen molar-refractivity contribution in [1.82, 2.24) is 4.31 Å². The summed E-state index contributed by atoms with van der Waals surface area (Å²) in [5.41, 5.74) is -1.50. The maximum atomic E-state index is 12.4. The first-order chi connectivity index (χ1) is 8.67. The number of nitrogens with zero attached hydrogens (tertiary/aromatic N) is 1. The van der Waals surface area contributed by atoms with Crippen LogP contribution in [0.5, 0.6) is 0 Å². The van der Waals surface area contributed by atoms with Gasteiger partial charge in [0.05, 0.1) is 7.11 Å². The highest BCUT2D eigenvalue weighted by atomic mass is 32.2. The summed E-state index contributed by atoms with van der Waals surface area (Å²) < 4.78 is 30.1. The highest BCUT2D eigenvalue weighted by Crippen LogP contribution is 2.32. The first-order valence-electron chi connectivity index (χ1n) is 6.01. The Balaban J connectivity index is 3.17. The molecule has 0 aromatic rings. The number of sulfonamides is 1. The molecule has 1 rings (SSSR count). The SMILES string of the molecule is COC(=O)C(C)S(=O)(=O)N1CCCCC1(C)C(=O)O. The van der Waals surface area contributed by atoms with Crippen LogP contribution in [0.25, 0.3) is 0 Å². The normalized spacial score (nSPS) is 26.7. The molecule has 0 bridgehead atoms. The van der Waals surface area contributed by atoms with Gasteiger partial charge in [-0.15, -0.1) is 0 Å². The summed E-state index contributed by atoms with van der Waals surface area (Å²) >= 11 is 0. The van der Waals surface area contributed by atoms with Gasteiger partial charge >= 0.3 is 11.9 Å². The number of rotatable bonds is 4. The number of hydrogen-bond donors (Lipinski definition) is 1. The molecule has 0 spiro atoms. The van der Waals surface area contributed by atoms with Crippen molar-refractivity contribution in [2.24, 2.45) is 0 Å². The fraction of sp³-hybridized carbons (Fsp3) is 0.818. The Bertz CT molecular complexity index is 474. The first kappa shape index (κ1) is 15.9. The van der Waals surface area contributed by atoms with Gasteiger partial charge in [0.15, 0.2) is 5.25 Å². The minimum absolute atomic E-state index is 0.104. The van der Waals surface area contributed by atoms with Crippen molar-refractivity contribution < 1.29 is 27.9 Å². The van der Waals surface area contributed by atoms with Crippen molar-refractivity contribution in [3.63, 3.8) is 0 Å². The van der Waals surface area contributed by atoms with Gasteiger partial charge in [0.1, 0.15) is 5.54 Å². The van der Waals surface area contributed by atoms with Crippen LogP contribution in [0.4, 0.5) is 0 Å². The molecule has 7 nitrogen and oxygen atoms in total. The number of methoxy groups -OCH3 is 1. The molecule has 0 aromatic heterocycles. The molecule has 19 heavy (non-hydrogen) atoms. The van der Waals surface area contributed by atoms with Crippen molar-refractivity contribution in [3.8, 4) is 0 Å². The lowest BCUT2D eigenvalue weighted by Crippen LogP contribution is -2.59. The van der Waals surface area contributed by atoms with E-state index in [2.05, 4.69) is 4.74 Å². The van der Waals surface area contributed by atoms with Crippen LogP contribution in [0.2, 0.25) is 0 Å². The lowest BCUT2D eigenvalue weighted by atomic mass is 9.91. The minimum atomic E-state index is -4.05. The van der Waals surface area contributed by atoms with Crippen LogP contribution in [0.1, 0.15) is 33.1 Å². The smallest absolute Gasteiger partial charge is 0.325 e. The summed E-state index contributed by atoms with van der Waals surface area (Å²) in [5, 5.41) is 7.88. The number of carboxylic acids is 1. The van der Waals surface area contributed by atoms with E-state index in [1.54, 1.807) is 0 Å². The lowest BCUT2D eigenvalue weighted by molar-refractivity contribution is -0.149. The third-order valence-electron chi connectivity index (χ3n) is 3.57. The molecular formula is C11H19NO6S. The molecule has 110 valence electrons. The van der Waals surface area contributed by atoms with E-state index in [0.717, 1.165) is 11.4 Å². The van der Waals surface area contributed by atoms with Gasteiger partial charge in [-0.25, -0.2) is 8.42 Å². The number of esters is 1. The van der Waals surface area contributed by atoms with Crippen molar-refractivity contribution >= 4 is 22.0 Å². The third kappa shape index (κ3) is 2.74. The molecule has 1 saturated heterocycles. The van der Waals surface area contributed by atoms with Crippen molar-refractivity contribution in [3.05, 3.63) is 0 Å². The van der Waals surface area contributed by atoms with Crippen LogP contribution < -0.4 is 0 Å². The number of hydrogen-bond acceptors (Lipinski definition) is 5. The summed E-state index contributed by atoms with van der Waals surface area (Å²) in [4.78, 5) is 22.8. The first-order valence-corrected chi connectivity index (χ1v) is 7.51. The highest BCUT2D eigenvalue weighted by molar-refractivity contribution is 7.90. The van der Waals surface area contributed by atoms with Crippen LogP contribution in [0.3, 0.4) is 0 Å². The molecule has 1 heterocycles. The molecule has 0 saturated carbocycles. The molecule has 1 aliphatic heterocycles. The minimum Gasteiger partial charge on any atom is -0.480 e. The third-order valence-corrected chi connectivity index (χ3v) is 5.86. The maximum absolute atomic E-state index is 12.4. The second-order valence-electron chi connectivity index (χ2n) is 4.82. The van der Waals surface area contributed by atoms with Crippen LogP contribution in [0.15, 0.2) is 0 Å². The number of carbonyl (C=O) groups is 2. The van der Waals surface area contributed by atoms with E-state index in [1.165, 1.54) is 13.8 Å². The van der Waals surface area contributed by atoms with Crippen molar-refractivity contribution in [1.29, 1.82) is 0 Å². The van der Waals surface area contributed by atoms with Gasteiger partial charge in [-0.05, 0) is 33.1 Å². The standard InChI is InChI=1S/C11H19NO6S/c1-8(9(13)18-3)19(16,17)12-7-5-4-6-11(12,2)10(14)15/h8H,4-7H2,1-3H3,(H,14,15). The second-order valence-corrected chi connectivity index (χ2v) is 7.00. The molecule has 0 aliphatic carbocycles. The number of piperidine rings is 1. The van der Waals surface area contributed by atoms with E-state index < -0.39 is 32.8 Å². The second kappa shape index (κ2) is 5.46. The van der Waals surface area contributed by atoms with E-state index in [1.807, 2.05) is 0 Å². The largest absolute Gasteiger partial charge is 0.480 e. The predicted octanol–water partition coefficient (Wildman–Crippen LogP) is 0.207. The topological polar surface area (TPSA) is 101 Å². The number of ether oxygens (including phenoxy) is 1. The molecule has 2 unspecified atom stereocenters. The van der Waals surface area contributed by atoms with E-state index in [9.17, 15) is 23.1 Å². The molecule has 1 fully saturated rings. The number of aliphatic carboxylic acids is 1. The summed E-state index contributed by atoms with van der Waals surface area (Å²) in [6, 6.07) is 0.